The average Bonchev–Trinajstić information content (AvgIpc) is 3.18. The van der Waals surface area contributed by atoms with Gasteiger partial charge in [0.05, 0.1) is 20.1 Å². The summed E-state index contributed by atoms with van der Waals surface area (Å²) in [5, 5.41) is 5.34. The molecule has 0 bridgehead atoms. The minimum absolute atomic E-state index is 0.0876. The number of thiazole rings is 1. The van der Waals surface area contributed by atoms with Crippen LogP contribution in [0.25, 0.3) is 10.6 Å². The molecule has 1 aromatic carbocycles. The molecule has 0 fully saturated rings. The van der Waals surface area contributed by atoms with Gasteiger partial charge in [0.2, 0.25) is 5.91 Å². The Kier molecular flexibility index (Phi) is 6.04. The zero-order valence-electron chi connectivity index (χ0n) is 12.3. The molecule has 0 aliphatic rings. The Hall–Kier alpha value is -1.22. The molecule has 2 heterocycles. The Labute approximate surface area is 159 Å². The summed E-state index contributed by atoms with van der Waals surface area (Å²) in [6.45, 7) is 0. The Morgan fingerprint density at radius 2 is 2.04 bits per heavy atom. The summed E-state index contributed by atoms with van der Waals surface area (Å²) in [5.41, 5.74) is 1.86. The van der Waals surface area contributed by atoms with Crippen LogP contribution < -0.4 is 5.32 Å². The molecule has 0 radical (unpaired) electrons. The summed E-state index contributed by atoms with van der Waals surface area (Å²) in [6, 6.07) is 10.3. The first-order chi connectivity index (χ1) is 11.6. The highest BCUT2D eigenvalue weighted by Crippen LogP contribution is 2.33. The van der Waals surface area contributed by atoms with Gasteiger partial charge in [0.25, 0.3) is 0 Å². The molecular weight excluding hydrogens is 431 g/mol. The summed E-state index contributed by atoms with van der Waals surface area (Å²) >= 11 is 7.93. The minimum atomic E-state index is -0.251. The van der Waals surface area contributed by atoms with Crippen LogP contribution in [0.15, 0.2) is 45.6 Å². The highest BCUT2D eigenvalue weighted by atomic mass is 79.9. The van der Waals surface area contributed by atoms with Crippen molar-refractivity contribution in [3.8, 4) is 10.6 Å². The van der Waals surface area contributed by atoms with Gasteiger partial charge in [-0.25, -0.2) is 9.37 Å². The van der Waals surface area contributed by atoms with E-state index in [-0.39, 0.29) is 11.7 Å². The molecule has 0 unspecified atom stereocenters. The second kappa shape index (κ2) is 8.24. The Bertz CT molecular complexity index is 832. The molecule has 3 rings (SSSR count). The van der Waals surface area contributed by atoms with Gasteiger partial charge in [-0.05, 0) is 45.8 Å². The number of thioether (sulfide) groups is 1. The number of rotatable bonds is 6. The number of benzene rings is 1. The third kappa shape index (κ3) is 4.89. The number of aromatic nitrogens is 1. The molecule has 0 aliphatic heterocycles. The van der Waals surface area contributed by atoms with Gasteiger partial charge in [-0.3, -0.25) is 4.79 Å². The van der Waals surface area contributed by atoms with E-state index in [1.165, 1.54) is 35.2 Å². The highest BCUT2D eigenvalue weighted by molar-refractivity contribution is 9.11. The molecule has 124 valence electrons. The van der Waals surface area contributed by atoms with E-state index < -0.39 is 0 Å². The van der Waals surface area contributed by atoms with Gasteiger partial charge in [0, 0.05) is 11.1 Å². The highest BCUT2D eigenvalue weighted by Gasteiger charge is 2.09. The second-order valence-electron chi connectivity index (χ2n) is 4.81. The summed E-state index contributed by atoms with van der Waals surface area (Å²) in [7, 11) is 0. The van der Waals surface area contributed by atoms with Crippen LogP contribution in [0.3, 0.4) is 0 Å². The first kappa shape index (κ1) is 17.6. The summed E-state index contributed by atoms with van der Waals surface area (Å²) < 4.78 is 13.9. The van der Waals surface area contributed by atoms with E-state index >= 15 is 0 Å². The molecule has 3 nitrogen and oxygen atoms in total. The normalized spacial score (nSPS) is 10.8. The van der Waals surface area contributed by atoms with Crippen molar-refractivity contribution >= 4 is 61.4 Å². The van der Waals surface area contributed by atoms with Crippen molar-refractivity contribution in [1.82, 2.24) is 4.98 Å². The van der Waals surface area contributed by atoms with E-state index in [9.17, 15) is 9.18 Å². The number of carbonyl (C=O) groups excluding carboxylic acids is 1. The molecule has 1 N–H and O–H groups in total. The lowest BCUT2D eigenvalue weighted by molar-refractivity contribution is -0.113. The zero-order chi connectivity index (χ0) is 16.9. The van der Waals surface area contributed by atoms with Crippen molar-refractivity contribution in [2.75, 3.05) is 11.1 Å². The number of hydrogen-bond acceptors (Lipinski definition) is 5. The van der Waals surface area contributed by atoms with Gasteiger partial charge in [-0.15, -0.1) is 34.4 Å². The van der Waals surface area contributed by atoms with Crippen LogP contribution in [-0.4, -0.2) is 16.6 Å². The molecule has 0 atom stereocenters. The minimum Gasteiger partial charge on any atom is -0.301 e. The maximum Gasteiger partial charge on any atom is 0.236 e. The first-order valence-corrected chi connectivity index (χ1v) is 10.6. The number of anilines is 1. The molecule has 0 saturated heterocycles. The predicted molar refractivity (Wildman–Crippen MR) is 104 cm³/mol. The number of nitrogens with zero attached hydrogens (tertiary/aromatic N) is 1. The molecule has 0 aliphatic carbocycles. The van der Waals surface area contributed by atoms with Crippen LogP contribution in [0.4, 0.5) is 9.52 Å². The number of amides is 1. The van der Waals surface area contributed by atoms with Crippen molar-refractivity contribution in [2.45, 2.75) is 5.75 Å². The van der Waals surface area contributed by atoms with E-state index in [1.807, 2.05) is 17.5 Å². The topological polar surface area (TPSA) is 42.0 Å². The molecule has 8 heteroatoms. The fourth-order valence-corrected chi connectivity index (χ4v) is 4.83. The van der Waals surface area contributed by atoms with Gasteiger partial charge < -0.3 is 5.32 Å². The van der Waals surface area contributed by atoms with Gasteiger partial charge in [-0.1, -0.05) is 12.1 Å². The van der Waals surface area contributed by atoms with E-state index in [2.05, 4.69) is 26.2 Å². The van der Waals surface area contributed by atoms with Gasteiger partial charge in [0.15, 0.2) is 5.13 Å². The molecule has 1 amide bonds. The van der Waals surface area contributed by atoms with Crippen LogP contribution in [0, 0.1) is 5.82 Å². The third-order valence-electron chi connectivity index (χ3n) is 2.99. The Balaban J connectivity index is 1.48. The lowest BCUT2D eigenvalue weighted by Crippen LogP contribution is -2.13. The molecule has 24 heavy (non-hydrogen) atoms. The molecule has 0 spiro atoms. The second-order valence-corrected chi connectivity index (χ2v) is 9.12. The fourth-order valence-electron chi connectivity index (χ4n) is 1.89. The monoisotopic (exact) mass is 442 g/mol. The number of carbonyl (C=O) groups is 1. The molecule has 3 aromatic rings. The van der Waals surface area contributed by atoms with E-state index in [1.54, 1.807) is 23.5 Å². The SMILES string of the molecule is O=C(CSCc1ccc(F)cc1)Nc1nc(-c2ccc(Br)s2)cs1. The van der Waals surface area contributed by atoms with Crippen molar-refractivity contribution in [1.29, 1.82) is 0 Å². The van der Waals surface area contributed by atoms with Crippen molar-refractivity contribution < 1.29 is 9.18 Å². The maximum atomic E-state index is 12.8. The lowest BCUT2D eigenvalue weighted by atomic mass is 10.2. The fraction of sp³-hybridized carbons (Fsp3) is 0.125. The number of thiophene rings is 1. The number of halogens is 2. The first-order valence-electron chi connectivity index (χ1n) is 6.93. The summed E-state index contributed by atoms with van der Waals surface area (Å²) in [5.74, 6) is 0.658. The van der Waals surface area contributed by atoms with Crippen molar-refractivity contribution in [2.24, 2.45) is 0 Å². The van der Waals surface area contributed by atoms with Gasteiger partial charge in [-0.2, -0.15) is 0 Å². The summed E-state index contributed by atoms with van der Waals surface area (Å²) in [4.78, 5) is 17.5. The van der Waals surface area contributed by atoms with Gasteiger partial charge in [0.1, 0.15) is 5.82 Å². The maximum absolute atomic E-state index is 12.8. The zero-order valence-corrected chi connectivity index (χ0v) is 16.3. The van der Waals surface area contributed by atoms with Crippen LogP contribution in [-0.2, 0) is 10.5 Å². The summed E-state index contributed by atoms with van der Waals surface area (Å²) in [6.07, 6.45) is 0. The molecule has 0 saturated carbocycles. The number of hydrogen-bond donors (Lipinski definition) is 1. The van der Waals surface area contributed by atoms with Crippen LogP contribution in [0.2, 0.25) is 0 Å². The Morgan fingerprint density at radius 1 is 1.25 bits per heavy atom. The van der Waals surface area contributed by atoms with E-state index in [0.717, 1.165) is 19.9 Å². The molecular formula is C16H12BrFN2OS3. The van der Waals surface area contributed by atoms with Crippen molar-refractivity contribution in [3.05, 3.63) is 56.9 Å². The van der Waals surface area contributed by atoms with Crippen molar-refractivity contribution in [3.63, 3.8) is 0 Å². The van der Waals surface area contributed by atoms with Gasteiger partial charge >= 0.3 is 0 Å². The van der Waals surface area contributed by atoms with E-state index in [0.29, 0.717) is 16.6 Å². The standard InChI is InChI=1S/C16H12BrFN2OS3/c17-14-6-5-13(24-14)12-8-23-16(19-12)20-15(21)9-22-7-10-1-3-11(18)4-2-10/h1-6,8H,7,9H2,(H,19,20,21). The quantitative estimate of drug-likeness (QED) is 0.536. The lowest BCUT2D eigenvalue weighted by Gasteiger charge is -2.02. The third-order valence-corrected chi connectivity index (χ3v) is 6.40. The van der Waals surface area contributed by atoms with Crippen LogP contribution >= 0.6 is 50.4 Å². The predicted octanol–water partition coefficient (Wildman–Crippen LogP) is 5.65. The average molecular weight is 443 g/mol. The van der Waals surface area contributed by atoms with Crippen LogP contribution in [0.1, 0.15) is 5.56 Å². The smallest absolute Gasteiger partial charge is 0.236 e. The molecule has 2 aromatic heterocycles. The van der Waals surface area contributed by atoms with E-state index in [4.69, 9.17) is 0 Å². The largest absolute Gasteiger partial charge is 0.301 e. The Morgan fingerprint density at radius 3 is 2.75 bits per heavy atom. The van der Waals surface area contributed by atoms with Crippen LogP contribution in [0.5, 0.6) is 0 Å². The number of nitrogens with one attached hydrogen (secondary N) is 1.